The van der Waals surface area contributed by atoms with E-state index in [0.717, 1.165) is 23.1 Å². The first-order valence-electron chi connectivity index (χ1n) is 14.8. The Balaban J connectivity index is 2.03. The summed E-state index contributed by atoms with van der Waals surface area (Å²) in [5.41, 5.74) is 2.95. The molecule has 3 rings (SSSR count). The first-order chi connectivity index (χ1) is 20.0. The third-order valence-corrected chi connectivity index (χ3v) is 7.13. The van der Waals surface area contributed by atoms with Crippen molar-refractivity contribution in [3.8, 4) is 0 Å². The lowest BCUT2D eigenvalue weighted by atomic mass is 9.97. The van der Waals surface area contributed by atoms with Crippen molar-refractivity contribution in [3.63, 3.8) is 0 Å². The van der Waals surface area contributed by atoms with Gasteiger partial charge < -0.3 is 20.3 Å². The van der Waals surface area contributed by atoms with E-state index in [4.69, 9.17) is 4.74 Å². The number of ether oxygens (including phenoxy) is 1. The van der Waals surface area contributed by atoms with Gasteiger partial charge in [-0.25, -0.2) is 4.79 Å². The van der Waals surface area contributed by atoms with Crippen molar-refractivity contribution in [1.82, 2.24) is 15.5 Å². The zero-order chi connectivity index (χ0) is 30.7. The van der Waals surface area contributed by atoms with E-state index in [1.807, 2.05) is 98.8 Å². The Bertz CT molecular complexity index is 1290. The fourth-order valence-corrected chi connectivity index (χ4v) is 4.73. The highest BCUT2D eigenvalue weighted by Crippen LogP contribution is 2.27. The maximum atomic E-state index is 14.5. The smallest absolute Gasteiger partial charge is 0.408 e. The van der Waals surface area contributed by atoms with E-state index in [9.17, 15) is 14.4 Å². The predicted molar refractivity (Wildman–Crippen MR) is 167 cm³/mol. The molecule has 0 saturated carbocycles. The monoisotopic (exact) mass is 571 g/mol. The minimum Gasteiger partial charge on any atom is -0.444 e. The topological polar surface area (TPSA) is 87.7 Å². The molecule has 42 heavy (non-hydrogen) atoms. The highest BCUT2D eigenvalue weighted by molar-refractivity contribution is 5.92. The second kappa shape index (κ2) is 15.2. The van der Waals surface area contributed by atoms with E-state index in [-0.39, 0.29) is 24.3 Å². The average molecular weight is 572 g/mol. The number of rotatable bonds is 12. The Hall–Kier alpha value is -4.13. The SMILES string of the molecule is CCc1ccc(C(C(=O)NCc2ccccc2)N(C(=O)C(Cc2ccccc2)NC(=O)OC(C)(C)C)C(C)CC)cc1. The molecule has 7 heteroatoms. The summed E-state index contributed by atoms with van der Waals surface area (Å²) in [6, 6.07) is 24.9. The minimum atomic E-state index is -0.949. The molecule has 3 amide bonds. The molecule has 0 bridgehead atoms. The zero-order valence-corrected chi connectivity index (χ0v) is 25.7. The second-order valence-electron chi connectivity index (χ2n) is 11.6. The van der Waals surface area contributed by atoms with Crippen LogP contribution in [0.3, 0.4) is 0 Å². The lowest BCUT2D eigenvalue weighted by Crippen LogP contribution is -2.56. The van der Waals surface area contributed by atoms with Crippen molar-refractivity contribution in [2.24, 2.45) is 0 Å². The normalized spacial score (nSPS) is 13.4. The average Bonchev–Trinajstić information content (AvgIpc) is 2.98. The lowest BCUT2D eigenvalue weighted by Gasteiger charge is -2.38. The summed E-state index contributed by atoms with van der Waals surface area (Å²) in [6.45, 7) is 11.7. The quantitative estimate of drug-likeness (QED) is 0.264. The molecule has 0 spiro atoms. The van der Waals surface area contributed by atoms with Crippen LogP contribution in [0.2, 0.25) is 0 Å². The van der Waals surface area contributed by atoms with Gasteiger partial charge in [0.25, 0.3) is 0 Å². The molecule has 0 aromatic heterocycles. The summed E-state index contributed by atoms with van der Waals surface area (Å²) in [5.74, 6) is -0.633. The molecule has 0 radical (unpaired) electrons. The standard InChI is InChI=1S/C35H45N3O4/c1-7-25(3)38(33(40)30(23-27-15-11-9-12-16-27)37-34(41)42-35(4,5)6)31(29-21-19-26(8-2)20-22-29)32(39)36-24-28-17-13-10-14-18-28/h9-22,25,30-31H,7-8,23-24H2,1-6H3,(H,36,39)(H,37,41). The molecule has 0 aliphatic heterocycles. The number of alkyl carbamates (subject to hydrolysis) is 1. The molecule has 3 aromatic rings. The highest BCUT2D eigenvalue weighted by Gasteiger charge is 2.38. The summed E-state index contributed by atoms with van der Waals surface area (Å²) >= 11 is 0. The van der Waals surface area contributed by atoms with Crippen LogP contribution in [0.25, 0.3) is 0 Å². The van der Waals surface area contributed by atoms with Crippen molar-refractivity contribution in [1.29, 1.82) is 0 Å². The molecule has 224 valence electrons. The van der Waals surface area contributed by atoms with Crippen LogP contribution >= 0.6 is 0 Å². The first kappa shape index (κ1) is 32.4. The van der Waals surface area contributed by atoms with Gasteiger partial charge in [0.2, 0.25) is 11.8 Å². The van der Waals surface area contributed by atoms with Crippen molar-refractivity contribution in [2.75, 3.05) is 0 Å². The molecular formula is C35H45N3O4. The van der Waals surface area contributed by atoms with Crippen LogP contribution in [0.1, 0.15) is 76.3 Å². The van der Waals surface area contributed by atoms with Crippen LogP contribution in [-0.4, -0.2) is 40.5 Å². The van der Waals surface area contributed by atoms with Gasteiger partial charge in [-0.2, -0.15) is 0 Å². The maximum absolute atomic E-state index is 14.5. The molecule has 7 nitrogen and oxygen atoms in total. The number of hydrogen-bond acceptors (Lipinski definition) is 4. The Morgan fingerprint density at radius 2 is 1.38 bits per heavy atom. The van der Waals surface area contributed by atoms with Gasteiger partial charge in [-0.15, -0.1) is 0 Å². The molecule has 0 aliphatic carbocycles. The third kappa shape index (κ3) is 9.47. The number of aryl methyl sites for hydroxylation is 1. The lowest BCUT2D eigenvalue weighted by molar-refractivity contribution is -0.145. The summed E-state index contributed by atoms with van der Waals surface area (Å²) in [7, 11) is 0. The summed E-state index contributed by atoms with van der Waals surface area (Å²) in [5, 5.41) is 5.87. The second-order valence-corrected chi connectivity index (χ2v) is 11.6. The van der Waals surface area contributed by atoms with E-state index in [1.54, 1.807) is 25.7 Å². The third-order valence-electron chi connectivity index (χ3n) is 7.13. The molecule has 0 saturated heterocycles. The molecular weight excluding hydrogens is 526 g/mol. The van der Waals surface area contributed by atoms with Gasteiger partial charge in [-0.05, 0) is 62.8 Å². The number of carbonyl (C=O) groups excluding carboxylic acids is 3. The fraction of sp³-hybridized carbons (Fsp3) is 0.400. The van der Waals surface area contributed by atoms with E-state index in [1.165, 1.54) is 0 Å². The molecule has 0 heterocycles. The first-order valence-corrected chi connectivity index (χ1v) is 14.8. The number of nitrogens with one attached hydrogen (secondary N) is 2. The van der Waals surface area contributed by atoms with Gasteiger partial charge in [-0.3, -0.25) is 9.59 Å². The van der Waals surface area contributed by atoms with Crippen LogP contribution in [0, 0.1) is 0 Å². The van der Waals surface area contributed by atoms with Crippen LogP contribution < -0.4 is 10.6 Å². The number of benzene rings is 3. The van der Waals surface area contributed by atoms with Gasteiger partial charge in [0.1, 0.15) is 17.7 Å². The van der Waals surface area contributed by atoms with Gasteiger partial charge in [0.15, 0.2) is 0 Å². The number of nitrogens with zero attached hydrogens (tertiary/aromatic N) is 1. The Morgan fingerprint density at radius 1 is 0.810 bits per heavy atom. The maximum Gasteiger partial charge on any atom is 0.408 e. The van der Waals surface area contributed by atoms with Crippen molar-refractivity contribution in [3.05, 3.63) is 107 Å². The summed E-state index contributed by atoms with van der Waals surface area (Å²) in [4.78, 5) is 43.1. The Kier molecular flexibility index (Phi) is 11.7. The van der Waals surface area contributed by atoms with Crippen LogP contribution in [0.4, 0.5) is 4.79 Å². The van der Waals surface area contributed by atoms with E-state index in [2.05, 4.69) is 17.6 Å². The Morgan fingerprint density at radius 3 is 1.90 bits per heavy atom. The van der Waals surface area contributed by atoms with Gasteiger partial charge >= 0.3 is 6.09 Å². The van der Waals surface area contributed by atoms with Gasteiger partial charge in [0.05, 0.1) is 0 Å². The van der Waals surface area contributed by atoms with Crippen molar-refractivity contribution >= 4 is 17.9 Å². The van der Waals surface area contributed by atoms with E-state index >= 15 is 0 Å². The predicted octanol–water partition coefficient (Wildman–Crippen LogP) is 6.37. The van der Waals surface area contributed by atoms with Crippen LogP contribution in [-0.2, 0) is 33.7 Å². The van der Waals surface area contributed by atoms with Crippen LogP contribution in [0.15, 0.2) is 84.9 Å². The molecule has 3 unspecified atom stereocenters. The zero-order valence-electron chi connectivity index (χ0n) is 25.7. The minimum absolute atomic E-state index is 0.249. The van der Waals surface area contributed by atoms with Crippen LogP contribution in [0.5, 0.6) is 0 Å². The molecule has 3 aromatic carbocycles. The molecule has 0 aliphatic rings. The number of amides is 3. The summed E-state index contributed by atoms with van der Waals surface area (Å²) in [6.07, 6.45) is 1.04. The van der Waals surface area contributed by atoms with Gasteiger partial charge in [0, 0.05) is 19.0 Å². The Labute approximate surface area is 250 Å². The van der Waals surface area contributed by atoms with Gasteiger partial charge in [-0.1, -0.05) is 98.8 Å². The number of carbonyl (C=O) groups is 3. The highest BCUT2D eigenvalue weighted by atomic mass is 16.6. The fourth-order valence-electron chi connectivity index (χ4n) is 4.73. The van der Waals surface area contributed by atoms with Crippen molar-refractivity contribution in [2.45, 2.75) is 91.1 Å². The van der Waals surface area contributed by atoms with E-state index < -0.39 is 23.8 Å². The van der Waals surface area contributed by atoms with Crippen molar-refractivity contribution < 1.29 is 19.1 Å². The summed E-state index contributed by atoms with van der Waals surface area (Å²) < 4.78 is 5.53. The molecule has 2 N–H and O–H groups in total. The molecule has 3 atom stereocenters. The number of hydrogen-bond donors (Lipinski definition) is 2. The molecule has 0 fully saturated rings. The largest absolute Gasteiger partial charge is 0.444 e. The van der Waals surface area contributed by atoms with E-state index in [0.29, 0.717) is 18.5 Å².